The molecule has 4 heteroatoms. The Bertz CT molecular complexity index is 513. The van der Waals surface area contributed by atoms with Gasteiger partial charge in [-0.1, -0.05) is 11.6 Å². The van der Waals surface area contributed by atoms with Gasteiger partial charge in [-0.25, -0.2) is 4.39 Å². The maximum atomic E-state index is 12.8. The van der Waals surface area contributed by atoms with Gasteiger partial charge in [0.05, 0.1) is 16.1 Å². The first kappa shape index (κ1) is 9.09. The van der Waals surface area contributed by atoms with E-state index in [1.807, 2.05) is 0 Å². The van der Waals surface area contributed by atoms with Gasteiger partial charge in [0.1, 0.15) is 5.82 Å². The third-order valence-corrected chi connectivity index (χ3v) is 2.34. The number of hydrogen-bond donors (Lipinski definition) is 0. The Morgan fingerprint density at radius 3 is 2.93 bits per heavy atom. The first-order valence-electron chi connectivity index (χ1n) is 3.91. The van der Waals surface area contributed by atoms with Gasteiger partial charge < -0.3 is 0 Å². The van der Waals surface area contributed by atoms with Gasteiger partial charge >= 0.3 is 0 Å². The third-order valence-electron chi connectivity index (χ3n) is 1.92. The van der Waals surface area contributed by atoms with E-state index in [-0.39, 0.29) is 5.82 Å². The van der Waals surface area contributed by atoms with Crippen LogP contribution in [0.2, 0.25) is 5.02 Å². The van der Waals surface area contributed by atoms with E-state index in [9.17, 15) is 9.18 Å². The molecule has 1 aromatic heterocycles. The molecule has 0 bridgehead atoms. The van der Waals surface area contributed by atoms with Crippen molar-refractivity contribution in [2.24, 2.45) is 0 Å². The van der Waals surface area contributed by atoms with Gasteiger partial charge in [-0.3, -0.25) is 9.78 Å². The number of carbonyl (C=O) groups excluding carboxylic acids is 1. The van der Waals surface area contributed by atoms with E-state index >= 15 is 0 Å². The lowest BCUT2D eigenvalue weighted by Crippen LogP contribution is -1.88. The van der Waals surface area contributed by atoms with E-state index < -0.39 is 0 Å². The molecular weight excluding hydrogens is 205 g/mol. The van der Waals surface area contributed by atoms with Crippen LogP contribution in [0.4, 0.5) is 4.39 Å². The zero-order valence-electron chi connectivity index (χ0n) is 7.00. The van der Waals surface area contributed by atoms with Crippen LogP contribution in [0.15, 0.2) is 24.4 Å². The number of carbonyl (C=O) groups is 1. The van der Waals surface area contributed by atoms with Gasteiger partial charge in [0.2, 0.25) is 0 Å². The van der Waals surface area contributed by atoms with Crippen molar-refractivity contribution in [3.8, 4) is 0 Å². The molecule has 0 radical (unpaired) electrons. The molecule has 0 aliphatic carbocycles. The molecule has 70 valence electrons. The Morgan fingerprint density at radius 2 is 2.21 bits per heavy atom. The topological polar surface area (TPSA) is 30.0 Å². The molecule has 0 amide bonds. The van der Waals surface area contributed by atoms with Crippen molar-refractivity contribution in [2.45, 2.75) is 0 Å². The number of halogens is 2. The van der Waals surface area contributed by atoms with Gasteiger partial charge in [-0.05, 0) is 12.1 Å². The number of hydrogen-bond acceptors (Lipinski definition) is 2. The Labute approximate surface area is 84.3 Å². The minimum absolute atomic E-state index is 0.310. The average molecular weight is 210 g/mol. The summed E-state index contributed by atoms with van der Waals surface area (Å²) in [5.41, 5.74) is 0.756. The van der Waals surface area contributed by atoms with Crippen LogP contribution in [0.5, 0.6) is 0 Å². The Balaban J connectivity index is 2.83. The summed E-state index contributed by atoms with van der Waals surface area (Å²) < 4.78 is 12.8. The Hall–Kier alpha value is -1.48. The van der Waals surface area contributed by atoms with Crippen LogP contribution in [-0.4, -0.2) is 11.3 Å². The molecule has 0 aliphatic rings. The molecule has 0 atom stereocenters. The fraction of sp³-hybridized carbons (Fsp3) is 0. The number of fused-ring (bicyclic) bond motifs is 1. The number of aldehydes is 1. The Kier molecular flexibility index (Phi) is 2.17. The van der Waals surface area contributed by atoms with Crippen LogP contribution in [0, 0.1) is 5.82 Å². The molecule has 0 spiro atoms. The minimum atomic E-state index is -0.375. The lowest BCUT2D eigenvalue weighted by molar-refractivity contribution is 0.112. The van der Waals surface area contributed by atoms with E-state index in [0.29, 0.717) is 27.8 Å². The van der Waals surface area contributed by atoms with Gasteiger partial charge in [0, 0.05) is 17.6 Å². The van der Waals surface area contributed by atoms with Crippen molar-refractivity contribution in [1.82, 2.24) is 4.98 Å². The monoisotopic (exact) mass is 209 g/mol. The highest BCUT2D eigenvalue weighted by atomic mass is 35.5. The van der Waals surface area contributed by atoms with Crippen molar-refractivity contribution >= 4 is 28.8 Å². The van der Waals surface area contributed by atoms with Gasteiger partial charge in [0.15, 0.2) is 6.29 Å². The van der Waals surface area contributed by atoms with E-state index in [2.05, 4.69) is 4.98 Å². The average Bonchev–Trinajstić information content (AvgIpc) is 2.18. The van der Waals surface area contributed by atoms with Gasteiger partial charge in [-0.2, -0.15) is 0 Å². The smallest absolute Gasteiger partial charge is 0.153 e. The number of nitrogens with zero attached hydrogens (tertiary/aromatic N) is 1. The van der Waals surface area contributed by atoms with Crippen molar-refractivity contribution in [3.05, 3.63) is 40.8 Å². The molecule has 0 unspecified atom stereocenters. The molecule has 2 aromatic rings. The van der Waals surface area contributed by atoms with Crippen molar-refractivity contribution in [3.63, 3.8) is 0 Å². The number of aromatic nitrogens is 1. The quantitative estimate of drug-likeness (QED) is 0.676. The SMILES string of the molecule is O=Cc1cnc2cc(F)ccc2c1Cl. The second-order valence-corrected chi connectivity index (χ2v) is 3.18. The number of benzene rings is 1. The fourth-order valence-corrected chi connectivity index (χ4v) is 1.48. The maximum Gasteiger partial charge on any atom is 0.153 e. The normalized spacial score (nSPS) is 10.4. The van der Waals surface area contributed by atoms with Crippen LogP contribution < -0.4 is 0 Å². The summed E-state index contributed by atoms with van der Waals surface area (Å²) in [5.74, 6) is -0.375. The first-order valence-corrected chi connectivity index (χ1v) is 4.29. The summed E-state index contributed by atoms with van der Waals surface area (Å²) in [6.07, 6.45) is 1.95. The maximum absolute atomic E-state index is 12.8. The molecular formula is C10H5ClFNO. The zero-order chi connectivity index (χ0) is 10.1. The summed E-state index contributed by atoms with van der Waals surface area (Å²) in [6.45, 7) is 0. The van der Waals surface area contributed by atoms with Crippen molar-refractivity contribution < 1.29 is 9.18 Å². The van der Waals surface area contributed by atoms with E-state index in [0.717, 1.165) is 0 Å². The molecule has 0 saturated carbocycles. The third kappa shape index (κ3) is 1.36. The summed E-state index contributed by atoms with van der Waals surface area (Å²) in [4.78, 5) is 14.5. The lowest BCUT2D eigenvalue weighted by Gasteiger charge is -2.01. The summed E-state index contributed by atoms with van der Waals surface area (Å²) >= 11 is 5.90. The Morgan fingerprint density at radius 1 is 1.43 bits per heavy atom. The van der Waals surface area contributed by atoms with E-state index in [1.54, 1.807) is 0 Å². The summed E-state index contributed by atoms with van der Waals surface area (Å²) in [7, 11) is 0. The number of rotatable bonds is 1. The minimum Gasteiger partial charge on any atom is -0.298 e. The predicted molar refractivity (Wildman–Crippen MR) is 52.1 cm³/mol. The predicted octanol–water partition coefficient (Wildman–Crippen LogP) is 2.84. The second-order valence-electron chi connectivity index (χ2n) is 2.81. The molecule has 2 nitrogen and oxygen atoms in total. The highest BCUT2D eigenvalue weighted by molar-refractivity contribution is 6.37. The molecule has 0 aliphatic heterocycles. The standard InChI is InChI=1S/C10H5ClFNO/c11-10-6(5-14)4-13-9-3-7(12)1-2-8(9)10/h1-5H. The largest absolute Gasteiger partial charge is 0.298 e. The van der Waals surface area contributed by atoms with Gasteiger partial charge in [0.25, 0.3) is 0 Å². The zero-order valence-corrected chi connectivity index (χ0v) is 7.75. The second kappa shape index (κ2) is 3.35. The van der Waals surface area contributed by atoms with Crippen LogP contribution in [-0.2, 0) is 0 Å². The van der Waals surface area contributed by atoms with Crippen LogP contribution in [0.3, 0.4) is 0 Å². The molecule has 1 aromatic carbocycles. The van der Waals surface area contributed by atoms with Crippen LogP contribution in [0.25, 0.3) is 10.9 Å². The first-order chi connectivity index (χ1) is 6.72. The molecule has 0 N–H and O–H groups in total. The highest BCUT2D eigenvalue weighted by Crippen LogP contribution is 2.24. The molecule has 0 saturated heterocycles. The number of pyridine rings is 1. The lowest BCUT2D eigenvalue weighted by atomic mass is 10.1. The summed E-state index contributed by atoms with van der Waals surface area (Å²) in [6, 6.07) is 4.06. The molecule has 2 rings (SSSR count). The fourth-order valence-electron chi connectivity index (χ4n) is 1.23. The van der Waals surface area contributed by atoms with Crippen molar-refractivity contribution in [1.29, 1.82) is 0 Å². The van der Waals surface area contributed by atoms with Crippen LogP contribution in [0.1, 0.15) is 10.4 Å². The highest BCUT2D eigenvalue weighted by Gasteiger charge is 2.06. The van der Waals surface area contributed by atoms with Crippen LogP contribution >= 0.6 is 11.6 Å². The molecule has 0 fully saturated rings. The van der Waals surface area contributed by atoms with Gasteiger partial charge in [-0.15, -0.1) is 0 Å². The summed E-state index contributed by atoms with van der Waals surface area (Å²) in [5, 5.41) is 0.891. The van der Waals surface area contributed by atoms with Crippen molar-refractivity contribution in [2.75, 3.05) is 0 Å². The molecule has 14 heavy (non-hydrogen) atoms. The van der Waals surface area contributed by atoms with E-state index in [1.165, 1.54) is 24.4 Å². The van der Waals surface area contributed by atoms with E-state index in [4.69, 9.17) is 11.6 Å². The molecule has 1 heterocycles.